The molecule has 1 aliphatic heterocycles. The molecule has 7 nitrogen and oxygen atoms in total. The van der Waals surface area contributed by atoms with E-state index in [1.54, 1.807) is 36.5 Å². The number of nitrogens with one attached hydrogen (secondary N) is 2. The summed E-state index contributed by atoms with van der Waals surface area (Å²) in [6.45, 7) is 0.0247. The predicted octanol–water partition coefficient (Wildman–Crippen LogP) is 2.54. The van der Waals surface area contributed by atoms with Crippen molar-refractivity contribution in [2.24, 2.45) is 0 Å². The van der Waals surface area contributed by atoms with Gasteiger partial charge in [-0.25, -0.2) is 4.79 Å². The number of carbonyl (C=O) groups excluding carboxylic acids is 3. The quantitative estimate of drug-likeness (QED) is 0.700. The van der Waals surface area contributed by atoms with Gasteiger partial charge in [-0.1, -0.05) is 36.4 Å². The number of fused-ring (bicyclic) bond motifs is 1. The highest BCUT2D eigenvalue weighted by molar-refractivity contribution is 6.09. The lowest BCUT2D eigenvalue weighted by Gasteiger charge is -2.16. The number of amides is 4. The summed E-state index contributed by atoms with van der Waals surface area (Å²) in [5.74, 6) is -0.635. The van der Waals surface area contributed by atoms with Crippen molar-refractivity contribution < 1.29 is 14.4 Å². The number of carbonyl (C=O) groups is 3. The van der Waals surface area contributed by atoms with E-state index >= 15 is 0 Å². The molecule has 0 saturated carbocycles. The first-order valence-electron chi connectivity index (χ1n) is 8.44. The molecule has 134 valence electrons. The lowest BCUT2D eigenvalue weighted by Crippen LogP contribution is -2.31. The van der Waals surface area contributed by atoms with E-state index in [0.717, 1.165) is 10.3 Å². The fraction of sp³-hybridized carbons (Fsp3) is 0.100. The zero-order valence-electron chi connectivity index (χ0n) is 14.3. The molecule has 1 aromatic heterocycles. The average molecular weight is 360 g/mol. The second-order valence-electron chi connectivity index (χ2n) is 6.13. The molecular weight excluding hydrogens is 344 g/mol. The first-order chi connectivity index (χ1) is 13.1. The van der Waals surface area contributed by atoms with Crippen LogP contribution in [-0.2, 0) is 11.3 Å². The molecule has 0 bridgehead atoms. The maximum absolute atomic E-state index is 12.9. The second kappa shape index (κ2) is 6.87. The molecular formula is C20H16N4O3. The monoisotopic (exact) mass is 360 g/mol. The van der Waals surface area contributed by atoms with Gasteiger partial charge < -0.3 is 10.6 Å². The molecule has 1 saturated heterocycles. The standard InChI is InChI=1S/C20H16N4O3/c25-17-11-22-20(27)24(17)12-14-5-1-2-8-15(14)19(26)23-16-9-3-6-13-7-4-10-21-18(13)16/h1-10H,11-12H2,(H,22,27)(H,23,26). The van der Waals surface area contributed by atoms with Gasteiger partial charge in [0.05, 0.1) is 24.3 Å². The van der Waals surface area contributed by atoms with Crippen molar-refractivity contribution in [2.75, 3.05) is 11.9 Å². The van der Waals surface area contributed by atoms with E-state index in [1.165, 1.54) is 0 Å². The molecule has 0 unspecified atom stereocenters. The smallest absolute Gasteiger partial charge is 0.324 e. The maximum atomic E-state index is 12.9. The van der Waals surface area contributed by atoms with E-state index in [-0.39, 0.29) is 24.9 Å². The maximum Gasteiger partial charge on any atom is 0.324 e. The highest BCUT2D eigenvalue weighted by Crippen LogP contribution is 2.22. The highest BCUT2D eigenvalue weighted by atomic mass is 16.2. The molecule has 0 spiro atoms. The summed E-state index contributed by atoms with van der Waals surface area (Å²) in [5.41, 5.74) is 2.29. The van der Waals surface area contributed by atoms with E-state index in [9.17, 15) is 14.4 Å². The van der Waals surface area contributed by atoms with Crippen molar-refractivity contribution in [2.45, 2.75) is 6.54 Å². The van der Waals surface area contributed by atoms with Crippen LogP contribution < -0.4 is 10.6 Å². The normalized spacial score (nSPS) is 13.7. The molecule has 0 aliphatic carbocycles. The van der Waals surface area contributed by atoms with E-state index in [1.807, 2.05) is 24.3 Å². The van der Waals surface area contributed by atoms with Gasteiger partial charge in [-0.05, 0) is 23.8 Å². The van der Waals surface area contributed by atoms with E-state index in [2.05, 4.69) is 15.6 Å². The molecule has 4 amide bonds. The number of hydrogen-bond acceptors (Lipinski definition) is 4. The number of para-hydroxylation sites is 1. The van der Waals surface area contributed by atoms with Crippen molar-refractivity contribution in [3.8, 4) is 0 Å². The van der Waals surface area contributed by atoms with Gasteiger partial charge in [0.15, 0.2) is 0 Å². The van der Waals surface area contributed by atoms with Gasteiger partial charge >= 0.3 is 6.03 Å². The summed E-state index contributed by atoms with van der Waals surface area (Å²) in [6, 6.07) is 15.8. The fourth-order valence-corrected chi connectivity index (χ4v) is 3.06. The number of pyridine rings is 1. The molecule has 27 heavy (non-hydrogen) atoms. The van der Waals surface area contributed by atoms with Crippen molar-refractivity contribution in [1.29, 1.82) is 0 Å². The number of imide groups is 1. The van der Waals surface area contributed by atoms with Crippen molar-refractivity contribution >= 4 is 34.4 Å². The van der Waals surface area contributed by atoms with E-state index in [0.29, 0.717) is 22.3 Å². The Kier molecular flexibility index (Phi) is 4.25. The number of hydrogen-bond donors (Lipinski definition) is 2. The third-order valence-corrected chi connectivity index (χ3v) is 4.41. The number of benzene rings is 2. The number of anilines is 1. The highest BCUT2D eigenvalue weighted by Gasteiger charge is 2.29. The Morgan fingerprint density at radius 1 is 1.07 bits per heavy atom. The first-order valence-corrected chi connectivity index (χ1v) is 8.44. The van der Waals surface area contributed by atoms with Crippen molar-refractivity contribution in [3.63, 3.8) is 0 Å². The van der Waals surface area contributed by atoms with Crippen LogP contribution in [0.3, 0.4) is 0 Å². The van der Waals surface area contributed by atoms with Crippen LogP contribution in [0.25, 0.3) is 10.9 Å². The summed E-state index contributed by atoms with van der Waals surface area (Å²) in [6.07, 6.45) is 1.67. The Morgan fingerprint density at radius 3 is 2.70 bits per heavy atom. The molecule has 2 aromatic carbocycles. The molecule has 7 heteroatoms. The summed E-state index contributed by atoms with van der Waals surface area (Å²) in [4.78, 5) is 41.9. The van der Waals surface area contributed by atoms with Crippen LogP contribution in [0.4, 0.5) is 10.5 Å². The third kappa shape index (κ3) is 3.22. The molecule has 1 fully saturated rings. The summed E-state index contributed by atoms with van der Waals surface area (Å²) in [7, 11) is 0. The summed E-state index contributed by atoms with van der Waals surface area (Å²) >= 11 is 0. The van der Waals surface area contributed by atoms with E-state index < -0.39 is 6.03 Å². The van der Waals surface area contributed by atoms with Gasteiger partial charge in [-0.15, -0.1) is 0 Å². The van der Waals surface area contributed by atoms with Crippen LogP contribution in [0, 0.1) is 0 Å². The molecule has 0 radical (unpaired) electrons. The minimum absolute atomic E-state index is 0.0190. The first kappa shape index (κ1) is 16.7. The van der Waals surface area contributed by atoms with Gasteiger partial charge in [-0.3, -0.25) is 19.5 Å². The zero-order valence-corrected chi connectivity index (χ0v) is 14.3. The Morgan fingerprint density at radius 2 is 1.89 bits per heavy atom. The molecule has 4 rings (SSSR count). The van der Waals surface area contributed by atoms with Gasteiger partial charge in [0, 0.05) is 17.1 Å². The van der Waals surface area contributed by atoms with Crippen LogP contribution in [0.1, 0.15) is 15.9 Å². The lowest BCUT2D eigenvalue weighted by molar-refractivity contribution is -0.125. The minimum Gasteiger partial charge on any atom is -0.329 e. The van der Waals surface area contributed by atoms with Crippen LogP contribution >= 0.6 is 0 Å². The lowest BCUT2D eigenvalue weighted by atomic mass is 10.1. The topological polar surface area (TPSA) is 91.4 Å². The summed E-state index contributed by atoms with van der Waals surface area (Å²) in [5, 5.41) is 6.28. The molecule has 2 N–H and O–H groups in total. The fourth-order valence-electron chi connectivity index (χ4n) is 3.06. The Bertz CT molecular complexity index is 1040. The molecule has 0 atom stereocenters. The largest absolute Gasteiger partial charge is 0.329 e. The number of rotatable bonds is 4. The van der Waals surface area contributed by atoms with Gasteiger partial charge in [-0.2, -0.15) is 0 Å². The van der Waals surface area contributed by atoms with Crippen LogP contribution in [0.15, 0.2) is 60.8 Å². The Hall–Kier alpha value is -3.74. The third-order valence-electron chi connectivity index (χ3n) is 4.41. The van der Waals surface area contributed by atoms with Crippen LogP contribution in [0.5, 0.6) is 0 Å². The van der Waals surface area contributed by atoms with Gasteiger partial charge in [0.2, 0.25) is 5.91 Å². The van der Waals surface area contributed by atoms with Crippen molar-refractivity contribution in [1.82, 2.24) is 15.2 Å². The molecule has 1 aliphatic rings. The van der Waals surface area contributed by atoms with Crippen LogP contribution in [0.2, 0.25) is 0 Å². The Labute approximate surface area is 155 Å². The SMILES string of the molecule is O=C(Nc1cccc2cccnc12)c1ccccc1CN1C(=O)CNC1=O. The minimum atomic E-state index is -0.450. The van der Waals surface area contributed by atoms with E-state index in [4.69, 9.17) is 0 Å². The average Bonchev–Trinajstić information content (AvgIpc) is 3.01. The van der Waals surface area contributed by atoms with Crippen LogP contribution in [-0.4, -0.2) is 34.3 Å². The second-order valence-corrected chi connectivity index (χ2v) is 6.13. The molecule has 3 aromatic rings. The zero-order chi connectivity index (χ0) is 18.8. The Balaban J connectivity index is 1.62. The molecule has 2 heterocycles. The summed E-state index contributed by atoms with van der Waals surface area (Å²) < 4.78 is 0. The number of nitrogens with zero attached hydrogens (tertiary/aromatic N) is 2. The van der Waals surface area contributed by atoms with Gasteiger partial charge in [0.1, 0.15) is 0 Å². The van der Waals surface area contributed by atoms with Gasteiger partial charge in [0.25, 0.3) is 5.91 Å². The van der Waals surface area contributed by atoms with Crippen molar-refractivity contribution in [3.05, 3.63) is 71.9 Å². The number of aromatic nitrogens is 1. The number of urea groups is 1. The predicted molar refractivity (Wildman–Crippen MR) is 100 cm³/mol.